The van der Waals surface area contributed by atoms with Crippen LogP contribution < -0.4 is 10.6 Å². The largest absolute Gasteiger partial charge is 0.344 e. The topological polar surface area (TPSA) is 42.2 Å². The minimum Gasteiger partial charge on any atom is -0.344 e. The molecule has 2 heterocycles. The van der Waals surface area contributed by atoms with E-state index in [1.807, 2.05) is 6.20 Å². The van der Waals surface area contributed by atoms with Gasteiger partial charge in [-0.15, -0.1) is 11.3 Å². The summed E-state index contributed by atoms with van der Waals surface area (Å²) in [4.78, 5) is 7.83. The van der Waals surface area contributed by atoms with E-state index in [1.165, 1.54) is 5.57 Å². The van der Waals surface area contributed by atoms with Gasteiger partial charge in [-0.05, 0) is 13.3 Å². The van der Waals surface area contributed by atoms with Gasteiger partial charge in [0.25, 0.3) is 0 Å². The lowest BCUT2D eigenvalue weighted by Crippen LogP contribution is -2.27. The van der Waals surface area contributed by atoms with Crippen LogP contribution in [0.1, 0.15) is 18.2 Å². The van der Waals surface area contributed by atoms with Crippen LogP contribution in [0.25, 0.3) is 0 Å². The van der Waals surface area contributed by atoms with Crippen molar-refractivity contribution < 1.29 is 0 Å². The fourth-order valence-corrected chi connectivity index (χ4v) is 2.31. The molecular weight excluding hydrogens is 194 g/mol. The highest BCUT2D eigenvalue weighted by Gasteiger charge is 2.12. The van der Waals surface area contributed by atoms with E-state index in [2.05, 4.69) is 22.9 Å². The Balaban J connectivity index is 2.09. The molecule has 0 unspecified atom stereocenters. The van der Waals surface area contributed by atoms with E-state index in [-0.39, 0.29) is 0 Å². The first-order valence-electron chi connectivity index (χ1n) is 4.85. The Morgan fingerprint density at radius 3 is 3.07 bits per heavy atom. The van der Waals surface area contributed by atoms with Crippen molar-refractivity contribution in [3.05, 3.63) is 22.7 Å². The summed E-state index contributed by atoms with van der Waals surface area (Å²) in [5.74, 6) is 0. The van der Waals surface area contributed by atoms with E-state index >= 15 is 0 Å². The van der Waals surface area contributed by atoms with Gasteiger partial charge in [0.2, 0.25) is 0 Å². The molecule has 0 aromatic carbocycles. The summed E-state index contributed by atoms with van der Waals surface area (Å²) in [6.07, 6.45) is 5.30. The first kappa shape index (κ1) is 9.68. The highest BCUT2D eigenvalue weighted by Crippen LogP contribution is 2.24. The van der Waals surface area contributed by atoms with Crippen molar-refractivity contribution >= 4 is 16.5 Å². The van der Waals surface area contributed by atoms with Gasteiger partial charge < -0.3 is 10.6 Å². The molecule has 0 aliphatic carbocycles. The lowest BCUT2D eigenvalue weighted by atomic mass is 10.1. The van der Waals surface area contributed by atoms with Gasteiger partial charge >= 0.3 is 0 Å². The van der Waals surface area contributed by atoms with Gasteiger partial charge in [-0.2, -0.15) is 0 Å². The van der Waals surface area contributed by atoms with Gasteiger partial charge in [-0.1, -0.05) is 11.6 Å². The zero-order valence-electron chi connectivity index (χ0n) is 8.36. The summed E-state index contributed by atoms with van der Waals surface area (Å²) < 4.78 is 0. The minimum absolute atomic E-state index is 0.598. The molecule has 1 aliphatic heterocycles. The normalized spacial score (nSPS) is 17.0. The molecule has 3 nitrogen and oxygen atoms in total. The predicted molar refractivity (Wildman–Crippen MR) is 60.6 cm³/mol. The van der Waals surface area contributed by atoms with E-state index in [9.17, 15) is 0 Å². The summed E-state index contributed by atoms with van der Waals surface area (Å²) in [5.41, 5.74) is 7.04. The molecule has 4 heteroatoms. The number of thiazole rings is 1. The Labute approximate surface area is 88.3 Å². The van der Waals surface area contributed by atoms with Crippen LogP contribution in [0.4, 0.5) is 5.13 Å². The molecule has 0 saturated heterocycles. The van der Waals surface area contributed by atoms with Gasteiger partial charge in [-0.25, -0.2) is 4.98 Å². The van der Waals surface area contributed by atoms with Crippen molar-refractivity contribution in [2.75, 3.05) is 18.0 Å². The van der Waals surface area contributed by atoms with E-state index in [1.54, 1.807) is 11.3 Å². The van der Waals surface area contributed by atoms with Crippen molar-refractivity contribution in [2.24, 2.45) is 5.73 Å². The van der Waals surface area contributed by atoms with Gasteiger partial charge in [0, 0.05) is 30.7 Å². The first-order valence-corrected chi connectivity index (χ1v) is 5.66. The third-order valence-corrected chi connectivity index (χ3v) is 3.53. The van der Waals surface area contributed by atoms with Crippen LogP contribution >= 0.6 is 11.3 Å². The lowest BCUT2D eigenvalue weighted by Gasteiger charge is -2.24. The summed E-state index contributed by atoms with van der Waals surface area (Å²) in [6.45, 7) is 4.86. The molecule has 0 amide bonds. The molecule has 0 fully saturated rings. The second kappa shape index (κ2) is 4.11. The number of aromatic nitrogens is 1. The molecule has 1 aromatic rings. The Morgan fingerprint density at radius 1 is 1.64 bits per heavy atom. The highest BCUT2D eigenvalue weighted by atomic mass is 32.1. The average molecular weight is 209 g/mol. The highest BCUT2D eigenvalue weighted by molar-refractivity contribution is 7.15. The smallest absolute Gasteiger partial charge is 0.185 e. The zero-order valence-corrected chi connectivity index (χ0v) is 9.18. The molecule has 0 bridgehead atoms. The van der Waals surface area contributed by atoms with E-state index in [0.29, 0.717) is 6.54 Å². The van der Waals surface area contributed by atoms with Crippen molar-refractivity contribution in [3.63, 3.8) is 0 Å². The van der Waals surface area contributed by atoms with E-state index < -0.39 is 0 Å². The average Bonchev–Trinajstić information content (AvgIpc) is 2.67. The number of hydrogen-bond donors (Lipinski definition) is 1. The van der Waals surface area contributed by atoms with Gasteiger partial charge in [0.05, 0.1) is 0 Å². The second-order valence-corrected chi connectivity index (χ2v) is 4.65. The summed E-state index contributed by atoms with van der Waals surface area (Å²) in [5, 5.41) is 1.11. The van der Waals surface area contributed by atoms with Crippen LogP contribution in [0.15, 0.2) is 17.8 Å². The van der Waals surface area contributed by atoms with Crippen molar-refractivity contribution in [3.8, 4) is 0 Å². The Morgan fingerprint density at radius 2 is 2.50 bits per heavy atom. The molecule has 2 N–H and O–H groups in total. The second-order valence-electron chi connectivity index (χ2n) is 3.56. The predicted octanol–water partition coefficient (Wildman–Crippen LogP) is 1.76. The Kier molecular flexibility index (Phi) is 2.84. The van der Waals surface area contributed by atoms with Gasteiger partial charge in [-0.3, -0.25) is 0 Å². The monoisotopic (exact) mass is 209 g/mol. The third kappa shape index (κ3) is 1.96. The standard InChI is InChI=1S/C10H15N3S/c1-8-2-4-13(5-3-8)10-12-7-9(6-11)14-10/h2,7H,3-6,11H2,1H3. The van der Waals surface area contributed by atoms with Crippen molar-refractivity contribution in [1.29, 1.82) is 0 Å². The molecule has 0 radical (unpaired) electrons. The maximum absolute atomic E-state index is 5.55. The number of nitrogens with two attached hydrogens (primary N) is 1. The molecule has 1 aromatic heterocycles. The summed E-state index contributed by atoms with van der Waals surface area (Å²) in [6, 6.07) is 0. The fraction of sp³-hybridized carbons (Fsp3) is 0.500. The van der Waals surface area contributed by atoms with Crippen LogP contribution in [0.3, 0.4) is 0 Å². The number of anilines is 1. The maximum Gasteiger partial charge on any atom is 0.185 e. The quantitative estimate of drug-likeness (QED) is 0.755. The van der Waals surface area contributed by atoms with Crippen molar-refractivity contribution in [1.82, 2.24) is 4.98 Å². The lowest BCUT2D eigenvalue weighted by molar-refractivity contribution is 0.784. The Bertz CT molecular complexity index is 343. The molecule has 14 heavy (non-hydrogen) atoms. The number of rotatable bonds is 2. The van der Waals surface area contributed by atoms with Gasteiger partial charge in [0.15, 0.2) is 5.13 Å². The minimum atomic E-state index is 0.598. The number of nitrogens with zero attached hydrogens (tertiary/aromatic N) is 2. The van der Waals surface area contributed by atoms with Crippen LogP contribution in [0, 0.1) is 0 Å². The molecule has 0 saturated carbocycles. The van der Waals surface area contributed by atoms with Crippen LogP contribution in [0.5, 0.6) is 0 Å². The molecule has 0 spiro atoms. The van der Waals surface area contributed by atoms with Crippen LogP contribution in [-0.4, -0.2) is 18.1 Å². The molecular formula is C10H15N3S. The molecule has 2 rings (SSSR count). The molecule has 1 aliphatic rings. The maximum atomic E-state index is 5.55. The van der Waals surface area contributed by atoms with E-state index in [0.717, 1.165) is 29.5 Å². The van der Waals surface area contributed by atoms with Gasteiger partial charge in [0.1, 0.15) is 0 Å². The van der Waals surface area contributed by atoms with E-state index in [4.69, 9.17) is 5.73 Å². The summed E-state index contributed by atoms with van der Waals surface area (Å²) >= 11 is 1.70. The number of hydrogen-bond acceptors (Lipinski definition) is 4. The first-order chi connectivity index (χ1) is 6.79. The fourth-order valence-electron chi connectivity index (χ4n) is 1.48. The summed E-state index contributed by atoms with van der Waals surface area (Å²) in [7, 11) is 0. The SMILES string of the molecule is CC1=CCN(c2ncc(CN)s2)CC1. The Hall–Kier alpha value is -0.870. The zero-order chi connectivity index (χ0) is 9.97. The van der Waals surface area contributed by atoms with Crippen LogP contribution in [0.2, 0.25) is 0 Å². The third-order valence-electron chi connectivity index (χ3n) is 2.45. The van der Waals surface area contributed by atoms with Crippen LogP contribution in [-0.2, 0) is 6.54 Å². The molecule has 0 atom stereocenters. The van der Waals surface area contributed by atoms with Crippen molar-refractivity contribution in [2.45, 2.75) is 19.9 Å². The molecule has 76 valence electrons.